The largest absolute Gasteiger partial charge is 0.384 e. The highest BCUT2D eigenvalue weighted by atomic mass is 14.9. The number of fused-ring (bicyclic) bond motifs is 1. The molecule has 1 aromatic carbocycles. The quantitative estimate of drug-likeness (QED) is 0.867. The molecule has 0 saturated carbocycles. The fourth-order valence-corrected chi connectivity index (χ4v) is 2.35. The Morgan fingerprint density at radius 3 is 2.61 bits per heavy atom. The summed E-state index contributed by atoms with van der Waals surface area (Å²) in [4.78, 5) is 4.76. The van der Waals surface area contributed by atoms with Gasteiger partial charge in [0, 0.05) is 23.3 Å². The lowest BCUT2D eigenvalue weighted by Gasteiger charge is -2.15. The third-order valence-electron chi connectivity index (χ3n) is 3.37. The van der Waals surface area contributed by atoms with E-state index < -0.39 is 0 Å². The van der Waals surface area contributed by atoms with Crippen LogP contribution < -0.4 is 5.32 Å². The van der Waals surface area contributed by atoms with Gasteiger partial charge >= 0.3 is 0 Å². The monoisotopic (exact) mass is 242 g/mol. The van der Waals surface area contributed by atoms with E-state index in [1.165, 1.54) is 27.9 Å². The number of hydrogen-bond acceptors (Lipinski definition) is 2. The van der Waals surface area contributed by atoms with E-state index in [0.717, 1.165) is 24.9 Å². The molecule has 1 heterocycles. The van der Waals surface area contributed by atoms with Gasteiger partial charge < -0.3 is 5.32 Å². The number of benzene rings is 1. The SMILES string of the molecule is CCCNc1c(C)c(CC)nc2ccc(C)cc12. The van der Waals surface area contributed by atoms with Gasteiger partial charge in [0.05, 0.1) is 5.52 Å². The predicted octanol–water partition coefficient (Wildman–Crippen LogP) is 4.24. The molecule has 0 saturated heterocycles. The van der Waals surface area contributed by atoms with Gasteiger partial charge in [-0.1, -0.05) is 25.5 Å². The van der Waals surface area contributed by atoms with Gasteiger partial charge in [0.2, 0.25) is 0 Å². The molecule has 0 aliphatic rings. The number of rotatable bonds is 4. The van der Waals surface area contributed by atoms with E-state index in [-0.39, 0.29) is 0 Å². The average molecular weight is 242 g/mol. The maximum absolute atomic E-state index is 4.76. The third kappa shape index (κ3) is 2.33. The summed E-state index contributed by atoms with van der Waals surface area (Å²) >= 11 is 0. The van der Waals surface area contributed by atoms with Crippen molar-refractivity contribution in [3.05, 3.63) is 35.0 Å². The Kier molecular flexibility index (Phi) is 3.85. The minimum absolute atomic E-state index is 0.983. The van der Waals surface area contributed by atoms with Gasteiger partial charge in [-0.25, -0.2) is 0 Å². The van der Waals surface area contributed by atoms with Crippen molar-refractivity contribution in [2.45, 2.75) is 40.5 Å². The van der Waals surface area contributed by atoms with E-state index in [1.54, 1.807) is 0 Å². The smallest absolute Gasteiger partial charge is 0.0726 e. The zero-order valence-corrected chi connectivity index (χ0v) is 11.8. The normalized spacial score (nSPS) is 10.9. The Morgan fingerprint density at radius 1 is 1.17 bits per heavy atom. The Hall–Kier alpha value is -1.57. The molecule has 2 aromatic rings. The fourth-order valence-electron chi connectivity index (χ4n) is 2.35. The molecule has 0 spiro atoms. The van der Waals surface area contributed by atoms with Gasteiger partial charge in [-0.3, -0.25) is 4.98 Å². The van der Waals surface area contributed by atoms with E-state index in [2.05, 4.69) is 51.2 Å². The van der Waals surface area contributed by atoms with Crippen LogP contribution in [0.1, 0.15) is 37.1 Å². The van der Waals surface area contributed by atoms with Crippen LogP contribution in [0, 0.1) is 13.8 Å². The maximum Gasteiger partial charge on any atom is 0.0726 e. The number of hydrogen-bond donors (Lipinski definition) is 1. The van der Waals surface area contributed by atoms with Crippen molar-refractivity contribution < 1.29 is 0 Å². The molecule has 0 amide bonds. The van der Waals surface area contributed by atoms with E-state index >= 15 is 0 Å². The molecule has 0 aliphatic heterocycles. The standard InChI is InChI=1S/C16H22N2/c1-5-9-17-16-12(4)14(6-2)18-15-8-7-11(3)10-13(15)16/h7-8,10H,5-6,9H2,1-4H3,(H,17,18). The number of nitrogens with one attached hydrogen (secondary N) is 1. The second-order valence-corrected chi connectivity index (χ2v) is 4.86. The van der Waals surface area contributed by atoms with E-state index in [1.807, 2.05) is 0 Å². The molecule has 0 radical (unpaired) electrons. The Morgan fingerprint density at radius 2 is 1.94 bits per heavy atom. The number of aromatic nitrogens is 1. The Bertz CT molecular complexity index is 559. The molecule has 1 N–H and O–H groups in total. The van der Waals surface area contributed by atoms with Gasteiger partial charge in [0.1, 0.15) is 0 Å². The topological polar surface area (TPSA) is 24.9 Å². The van der Waals surface area contributed by atoms with Crippen LogP contribution in [0.4, 0.5) is 5.69 Å². The van der Waals surface area contributed by atoms with Gasteiger partial charge in [-0.2, -0.15) is 0 Å². The zero-order chi connectivity index (χ0) is 13.1. The van der Waals surface area contributed by atoms with Crippen LogP contribution >= 0.6 is 0 Å². The highest BCUT2D eigenvalue weighted by Gasteiger charge is 2.10. The second-order valence-electron chi connectivity index (χ2n) is 4.86. The van der Waals surface area contributed by atoms with E-state index in [0.29, 0.717) is 0 Å². The first-order valence-electron chi connectivity index (χ1n) is 6.81. The highest BCUT2D eigenvalue weighted by Crippen LogP contribution is 2.29. The lowest BCUT2D eigenvalue weighted by molar-refractivity contribution is 0.970. The molecular formula is C16H22N2. The average Bonchev–Trinajstić information content (AvgIpc) is 2.37. The van der Waals surface area contributed by atoms with Crippen LogP contribution in [0.2, 0.25) is 0 Å². The summed E-state index contributed by atoms with van der Waals surface area (Å²) in [7, 11) is 0. The van der Waals surface area contributed by atoms with Gasteiger partial charge in [-0.05, 0) is 44.4 Å². The number of aryl methyl sites for hydroxylation is 2. The summed E-state index contributed by atoms with van der Waals surface area (Å²) in [5.74, 6) is 0. The van der Waals surface area contributed by atoms with Crippen molar-refractivity contribution in [2.75, 3.05) is 11.9 Å². The van der Waals surface area contributed by atoms with Crippen molar-refractivity contribution in [1.82, 2.24) is 4.98 Å². The molecular weight excluding hydrogens is 220 g/mol. The molecule has 2 heteroatoms. The van der Waals surface area contributed by atoms with Crippen molar-refractivity contribution in [3.8, 4) is 0 Å². The van der Waals surface area contributed by atoms with Gasteiger partial charge in [0.25, 0.3) is 0 Å². The first-order chi connectivity index (χ1) is 8.67. The van der Waals surface area contributed by atoms with Crippen molar-refractivity contribution >= 4 is 16.6 Å². The summed E-state index contributed by atoms with van der Waals surface area (Å²) in [6.45, 7) is 9.67. The van der Waals surface area contributed by atoms with Crippen molar-refractivity contribution in [3.63, 3.8) is 0 Å². The Balaban J connectivity index is 2.66. The van der Waals surface area contributed by atoms with E-state index in [4.69, 9.17) is 4.98 Å². The first-order valence-corrected chi connectivity index (χ1v) is 6.81. The van der Waals surface area contributed by atoms with E-state index in [9.17, 15) is 0 Å². The molecule has 18 heavy (non-hydrogen) atoms. The molecule has 0 bridgehead atoms. The third-order valence-corrected chi connectivity index (χ3v) is 3.37. The molecule has 0 fully saturated rings. The summed E-state index contributed by atoms with van der Waals surface area (Å²) in [5, 5.41) is 4.82. The molecule has 0 aliphatic carbocycles. The van der Waals surface area contributed by atoms with Crippen molar-refractivity contribution in [1.29, 1.82) is 0 Å². The molecule has 1 aromatic heterocycles. The van der Waals surface area contributed by atoms with Crippen LogP contribution in [0.25, 0.3) is 10.9 Å². The number of anilines is 1. The predicted molar refractivity (Wildman–Crippen MR) is 79.4 cm³/mol. The lowest BCUT2D eigenvalue weighted by atomic mass is 10.0. The first kappa shape index (κ1) is 12.9. The molecule has 96 valence electrons. The second kappa shape index (κ2) is 5.38. The summed E-state index contributed by atoms with van der Waals surface area (Å²) in [6.07, 6.45) is 2.12. The van der Waals surface area contributed by atoms with Gasteiger partial charge in [0.15, 0.2) is 0 Å². The summed E-state index contributed by atoms with van der Waals surface area (Å²) in [5.41, 5.74) is 6.14. The van der Waals surface area contributed by atoms with Crippen molar-refractivity contribution in [2.24, 2.45) is 0 Å². The van der Waals surface area contributed by atoms with Crippen LogP contribution in [-0.4, -0.2) is 11.5 Å². The lowest BCUT2D eigenvalue weighted by Crippen LogP contribution is -2.06. The van der Waals surface area contributed by atoms with Crippen LogP contribution in [0.15, 0.2) is 18.2 Å². The van der Waals surface area contributed by atoms with Crippen LogP contribution in [0.5, 0.6) is 0 Å². The highest BCUT2D eigenvalue weighted by molar-refractivity contribution is 5.93. The molecule has 2 rings (SSSR count). The zero-order valence-electron chi connectivity index (χ0n) is 11.8. The maximum atomic E-state index is 4.76. The summed E-state index contributed by atoms with van der Waals surface area (Å²) < 4.78 is 0. The number of nitrogens with zero attached hydrogens (tertiary/aromatic N) is 1. The fraction of sp³-hybridized carbons (Fsp3) is 0.438. The van der Waals surface area contributed by atoms with Gasteiger partial charge in [-0.15, -0.1) is 0 Å². The summed E-state index contributed by atoms with van der Waals surface area (Å²) in [6, 6.07) is 6.49. The van der Waals surface area contributed by atoms with Crippen LogP contribution in [-0.2, 0) is 6.42 Å². The van der Waals surface area contributed by atoms with Crippen LogP contribution in [0.3, 0.4) is 0 Å². The minimum Gasteiger partial charge on any atom is -0.384 e. The molecule has 0 unspecified atom stereocenters. The minimum atomic E-state index is 0.983. The molecule has 2 nitrogen and oxygen atoms in total. The number of pyridine rings is 1. The molecule has 0 atom stereocenters. The Labute approximate surface area is 109 Å².